The maximum Gasteiger partial charge on any atom is 0.326 e. The highest BCUT2D eigenvalue weighted by Gasteiger charge is 2.60. The summed E-state index contributed by atoms with van der Waals surface area (Å²) in [7, 11) is 0. The summed E-state index contributed by atoms with van der Waals surface area (Å²) in [5.74, 6) is -4.70. The Kier molecular flexibility index (Phi) is 4.31. The number of Topliss-reactive ketones (excluding diaryl/α,β-unsaturated/α-hetero) is 1. The number of carbonyl (C=O) groups is 4. The van der Waals surface area contributed by atoms with Crippen molar-refractivity contribution in [2.75, 3.05) is 0 Å². The molecule has 0 bridgehead atoms. The Bertz CT molecular complexity index is 952. The zero-order valence-electron chi connectivity index (χ0n) is 15.2. The fourth-order valence-electron chi connectivity index (χ4n) is 3.54. The van der Waals surface area contributed by atoms with Crippen LogP contribution in [0.4, 0.5) is 0 Å². The summed E-state index contributed by atoms with van der Waals surface area (Å²) in [6.07, 6.45) is 0.378. The standard InChI is InChI=1S/C21H18N2O5/c1-13-20(27)28-21(22-13,17(24)12-11-14-7-3-2-4-8-14)23-18(25)15-9-5-6-10-16(15)19(23)26/h2-10,13,22H,11-12H2,1H3/t13-,21+/m0/s1. The molecule has 0 aliphatic carbocycles. The summed E-state index contributed by atoms with van der Waals surface area (Å²) < 4.78 is 5.35. The summed E-state index contributed by atoms with van der Waals surface area (Å²) in [5.41, 5.74) is 1.28. The molecule has 2 aliphatic rings. The van der Waals surface area contributed by atoms with E-state index in [0.29, 0.717) is 6.42 Å². The molecule has 2 atom stereocenters. The second-order valence-corrected chi connectivity index (χ2v) is 6.83. The summed E-state index contributed by atoms with van der Waals surface area (Å²) in [4.78, 5) is 51.9. The van der Waals surface area contributed by atoms with Gasteiger partial charge in [0.1, 0.15) is 6.04 Å². The van der Waals surface area contributed by atoms with Crippen LogP contribution in [0.1, 0.15) is 39.6 Å². The second-order valence-electron chi connectivity index (χ2n) is 6.83. The largest absolute Gasteiger partial charge is 0.415 e. The predicted molar refractivity (Wildman–Crippen MR) is 98.1 cm³/mol. The van der Waals surface area contributed by atoms with Crippen molar-refractivity contribution in [3.8, 4) is 0 Å². The zero-order chi connectivity index (χ0) is 19.9. The van der Waals surface area contributed by atoms with Gasteiger partial charge in [-0.15, -0.1) is 0 Å². The fraction of sp³-hybridized carbons (Fsp3) is 0.238. The summed E-state index contributed by atoms with van der Waals surface area (Å²) in [6, 6.07) is 14.8. The number of aryl methyl sites for hydroxylation is 1. The molecule has 0 aromatic heterocycles. The van der Waals surface area contributed by atoms with Gasteiger partial charge < -0.3 is 4.74 Å². The number of ketones is 1. The number of hydrogen-bond donors (Lipinski definition) is 1. The fourth-order valence-corrected chi connectivity index (χ4v) is 3.54. The molecular weight excluding hydrogens is 360 g/mol. The Morgan fingerprint density at radius 3 is 2.11 bits per heavy atom. The normalized spacial score (nSPS) is 23.7. The van der Waals surface area contributed by atoms with E-state index in [4.69, 9.17) is 4.74 Å². The number of cyclic esters (lactones) is 1. The molecule has 0 unspecified atom stereocenters. The molecular formula is C21H18N2O5. The van der Waals surface area contributed by atoms with Crippen molar-refractivity contribution in [1.29, 1.82) is 0 Å². The molecule has 2 amide bonds. The van der Waals surface area contributed by atoms with Crippen LogP contribution in [0.2, 0.25) is 0 Å². The molecule has 2 heterocycles. The van der Waals surface area contributed by atoms with Gasteiger partial charge in [0.2, 0.25) is 5.78 Å². The van der Waals surface area contributed by atoms with Crippen LogP contribution in [0.25, 0.3) is 0 Å². The Labute approximate surface area is 161 Å². The van der Waals surface area contributed by atoms with Gasteiger partial charge in [0, 0.05) is 6.42 Å². The number of fused-ring (bicyclic) bond motifs is 1. The van der Waals surface area contributed by atoms with Crippen molar-refractivity contribution >= 4 is 23.6 Å². The van der Waals surface area contributed by atoms with Crippen LogP contribution >= 0.6 is 0 Å². The number of esters is 1. The molecule has 142 valence electrons. The minimum Gasteiger partial charge on any atom is -0.415 e. The van der Waals surface area contributed by atoms with Crippen molar-refractivity contribution in [3.05, 3.63) is 71.3 Å². The molecule has 28 heavy (non-hydrogen) atoms. The van der Waals surface area contributed by atoms with E-state index >= 15 is 0 Å². The number of ether oxygens (including phenoxy) is 1. The molecule has 0 radical (unpaired) electrons. The first-order chi connectivity index (χ1) is 13.4. The van der Waals surface area contributed by atoms with Crippen molar-refractivity contribution < 1.29 is 23.9 Å². The molecule has 0 saturated carbocycles. The van der Waals surface area contributed by atoms with Crippen molar-refractivity contribution in [2.45, 2.75) is 31.7 Å². The van der Waals surface area contributed by atoms with Crippen LogP contribution in [0, 0.1) is 0 Å². The van der Waals surface area contributed by atoms with Gasteiger partial charge in [-0.05, 0) is 31.0 Å². The third-order valence-corrected chi connectivity index (χ3v) is 4.98. The molecule has 4 rings (SSSR count). The number of amides is 2. The summed E-state index contributed by atoms with van der Waals surface area (Å²) in [6.45, 7) is 1.52. The van der Waals surface area contributed by atoms with Gasteiger partial charge in [0.15, 0.2) is 0 Å². The lowest BCUT2D eigenvalue weighted by molar-refractivity contribution is -0.171. The summed E-state index contributed by atoms with van der Waals surface area (Å²) in [5, 5.41) is 2.75. The summed E-state index contributed by atoms with van der Waals surface area (Å²) >= 11 is 0. The number of nitrogens with zero attached hydrogens (tertiary/aromatic N) is 1. The average molecular weight is 378 g/mol. The highest BCUT2D eigenvalue weighted by Crippen LogP contribution is 2.33. The lowest BCUT2D eigenvalue weighted by Gasteiger charge is -2.33. The first-order valence-corrected chi connectivity index (χ1v) is 9.00. The van der Waals surface area contributed by atoms with E-state index in [0.717, 1.165) is 10.5 Å². The molecule has 7 nitrogen and oxygen atoms in total. The second kappa shape index (κ2) is 6.69. The third-order valence-electron chi connectivity index (χ3n) is 4.98. The van der Waals surface area contributed by atoms with Gasteiger partial charge in [-0.2, -0.15) is 0 Å². The van der Waals surface area contributed by atoms with Gasteiger partial charge in [-0.3, -0.25) is 19.2 Å². The van der Waals surface area contributed by atoms with Crippen LogP contribution < -0.4 is 5.32 Å². The van der Waals surface area contributed by atoms with Gasteiger partial charge in [0.05, 0.1) is 11.1 Å². The van der Waals surface area contributed by atoms with Crippen molar-refractivity contribution in [1.82, 2.24) is 10.2 Å². The predicted octanol–water partition coefficient (Wildman–Crippen LogP) is 1.67. The highest BCUT2D eigenvalue weighted by atomic mass is 16.6. The van der Waals surface area contributed by atoms with Crippen LogP contribution in [0.5, 0.6) is 0 Å². The molecule has 1 N–H and O–H groups in total. The van der Waals surface area contributed by atoms with E-state index in [-0.39, 0.29) is 17.5 Å². The lowest BCUT2D eigenvalue weighted by atomic mass is 10.0. The van der Waals surface area contributed by atoms with E-state index in [1.54, 1.807) is 12.1 Å². The number of nitrogens with one attached hydrogen (secondary N) is 1. The number of benzene rings is 2. The molecule has 0 spiro atoms. The minimum atomic E-state index is -2.13. The first-order valence-electron chi connectivity index (χ1n) is 9.00. The molecule has 2 aliphatic heterocycles. The molecule has 2 aromatic rings. The quantitative estimate of drug-likeness (QED) is 0.629. The van der Waals surface area contributed by atoms with Gasteiger partial charge in [-0.25, -0.2) is 10.2 Å². The number of carbonyl (C=O) groups excluding carboxylic acids is 4. The smallest absolute Gasteiger partial charge is 0.326 e. The van der Waals surface area contributed by atoms with Gasteiger partial charge >= 0.3 is 11.8 Å². The number of imide groups is 1. The minimum absolute atomic E-state index is 0.00951. The van der Waals surface area contributed by atoms with Crippen LogP contribution in [0.3, 0.4) is 0 Å². The van der Waals surface area contributed by atoms with E-state index < -0.39 is 35.5 Å². The first kappa shape index (κ1) is 18.1. The Morgan fingerprint density at radius 2 is 1.57 bits per heavy atom. The third kappa shape index (κ3) is 2.71. The zero-order valence-corrected chi connectivity index (χ0v) is 15.2. The maximum atomic E-state index is 13.2. The SMILES string of the molecule is C[C@@H]1N[C@](C(=O)CCc2ccccc2)(N2C(=O)c3ccccc3C2=O)OC1=O. The molecule has 1 fully saturated rings. The van der Waals surface area contributed by atoms with Crippen LogP contribution in [-0.4, -0.2) is 40.4 Å². The van der Waals surface area contributed by atoms with Gasteiger partial charge in [-0.1, -0.05) is 42.5 Å². The van der Waals surface area contributed by atoms with E-state index in [9.17, 15) is 19.2 Å². The number of hydrogen-bond acceptors (Lipinski definition) is 6. The van der Waals surface area contributed by atoms with E-state index in [1.165, 1.54) is 19.1 Å². The maximum absolute atomic E-state index is 13.2. The van der Waals surface area contributed by atoms with Crippen LogP contribution in [-0.2, 0) is 20.7 Å². The molecule has 7 heteroatoms. The molecule has 2 aromatic carbocycles. The monoisotopic (exact) mass is 378 g/mol. The molecule has 1 saturated heterocycles. The van der Waals surface area contributed by atoms with E-state index in [1.807, 2.05) is 30.3 Å². The Balaban J connectivity index is 1.68. The van der Waals surface area contributed by atoms with Crippen molar-refractivity contribution in [2.24, 2.45) is 0 Å². The Hall–Kier alpha value is -3.32. The lowest BCUT2D eigenvalue weighted by Crippen LogP contribution is -2.64. The number of rotatable bonds is 5. The highest BCUT2D eigenvalue weighted by molar-refractivity contribution is 6.23. The van der Waals surface area contributed by atoms with Crippen molar-refractivity contribution in [3.63, 3.8) is 0 Å². The van der Waals surface area contributed by atoms with Gasteiger partial charge in [0.25, 0.3) is 11.8 Å². The van der Waals surface area contributed by atoms with Crippen LogP contribution in [0.15, 0.2) is 54.6 Å². The topological polar surface area (TPSA) is 92.8 Å². The average Bonchev–Trinajstić information content (AvgIpc) is 3.15. The van der Waals surface area contributed by atoms with E-state index in [2.05, 4.69) is 5.32 Å². The Morgan fingerprint density at radius 1 is 1.00 bits per heavy atom.